The highest BCUT2D eigenvalue weighted by Gasteiger charge is 2.38. The molecule has 5 nitrogen and oxygen atoms in total. The maximum atomic E-state index is 12.6. The fourth-order valence-corrected chi connectivity index (χ4v) is 3.38. The smallest absolute Gasteiger partial charge is 0.335 e. The summed E-state index contributed by atoms with van der Waals surface area (Å²) < 4.78 is 5.71. The van der Waals surface area contributed by atoms with E-state index in [-0.39, 0.29) is 30.0 Å². The summed E-state index contributed by atoms with van der Waals surface area (Å²) >= 11 is 0. The lowest BCUT2D eigenvalue weighted by Crippen LogP contribution is -2.51. The third kappa shape index (κ3) is 2.78. The minimum Gasteiger partial charge on any atom is -0.478 e. The van der Waals surface area contributed by atoms with Crippen LogP contribution >= 0.6 is 0 Å². The van der Waals surface area contributed by atoms with Crippen molar-refractivity contribution in [2.45, 2.75) is 37.8 Å². The normalized spacial score (nSPS) is 24.7. The Morgan fingerprint density at radius 1 is 1.29 bits per heavy atom. The van der Waals surface area contributed by atoms with Gasteiger partial charge in [-0.3, -0.25) is 4.79 Å². The minimum atomic E-state index is -0.987. The van der Waals surface area contributed by atoms with E-state index in [1.807, 2.05) is 4.90 Å². The Labute approximate surface area is 123 Å². The van der Waals surface area contributed by atoms with Crippen LogP contribution in [-0.4, -0.2) is 47.2 Å². The Balaban J connectivity index is 1.76. The van der Waals surface area contributed by atoms with Crippen LogP contribution in [0.4, 0.5) is 0 Å². The molecule has 3 rings (SSSR count). The largest absolute Gasteiger partial charge is 0.478 e. The van der Waals surface area contributed by atoms with Crippen molar-refractivity contribution in [3.05, 3.63) is 35.4 Å². The molecule has 1 aliphatic carbocycles. The van der Waals surface area contributed by atoms with Crippen LogP contribution in [0.15, 0.2) is 24.3 Å². The van der Waals surface area contributed by atoms with Gasteiger partial charge in [-0.05, 0) is 30.9 Å². The van der Waals surface area contributed by atoms with Crippen molar-refractivity contribution in [2.75, 3.05) is 13.2 Å². The molecule has 2 unspecified atom stereocenters. The van der Waals surface area contributed by atoms with Crippen LogP contribution in [-0.2, 0) is 16.0 Å². The average Bonchev–Trinajstić information content (AvgIpc) is 2.95. The molecular formula is C16H19NO4. The molecule has 1 aliphatic heterocycles. The summed E-state index contributed by atoms with van der Waals surface area (Å²) in [6, 6.07) is 6.88. The van der Waals surface area contributed by atoms with E-state index in [0.29, 0.717) is 18.7 Å². The quantitative estimate of drug-likeness (QED) is 0.920. The standard InChI is InChI=1S/C16H19NO4/c18-15(10-11-4-1-2-5-12(11)16(19)20)17-8-9-21-14-7-3-6-13(14)17/h1-2,4-5,13-14H,3,6-10H2,(H,19,20). The molecule has 21 heavy (non-hydrogen) atoms. The van der Waals surface area contributed by atoms with Crippen LogP contribution < -0.4 is 0 Å². The Morgan fingerprint density at radius 3 is 2.90 bits per heavy atom. The van der Waals surface area contributed by atoms with Crippen LogP contribution in [0.5, 0.6) is 0 Å². The minimum absolute atomic E-state index is 0.00361. The van der Waals surface area contributed by atoms with Gasteiger partial charge in [-0.25, -0.2) is 4.79 Å². The predicted octanol–water partition coefficient (Wildman–Crippen LogP) is 1.71. The predicted molar refractivity (Wildman–Crippen MR) is 76.2 cm³/mol. The lowest BCUT2D eigenvalue weighted by Gasteiger charge is -2.37. The molecule has 1 aromatic carbocycles. The van der Waals surface area contributed by atoms with Gasteiger partial charge in [0, 0.05) is 6.54 Å². The van der Waals surface area contributed by atoms with Gasteiger partial charge < -0.3 is 14.7 Å². The van der Waals surface area contributed by atoms with Gasteiger partial charge in [0.15, 0.2) is 0 Å². The number of carbonyl (C=O) groups excluding carboxylic acids is 1. The van der Waals surface area contributed by atoms with Crippen molar-refractivity contribution in [1.82, 2.24) is 4.90 Å². The number of hydrogen-bond acceptors (Lipinski definition) is 3. The molecule has 1 saturated heterocycles. The van der Waals surface area contributed by atoms with Crippen LogP contribution in [0.3, 0.4) is 0 Å². The Morgan fingerprint density at radius 2 is 2.10 bits per heavy atom. The first-order valence-corrected chi connectivity index (χ1v) is 7.39. The van der Waals surface area contributed by atoms with E-state index in [1.54, 1.807) is 24.3 Å². The van der Waals surface area contributed by atoms with E-state index in [0.717, 1.165) is 19.3 Å². The third-order valence-electron chi connectivity index (χ3n) is 4.39. The zero-order valence-corrected chi connectivity index (χ0v) is 11.8. The molecule has 0 bridgehead atoms. The van der Waals surface area contributed by atoms with Crippen LogP contribution in [0.1, 0.15) is 35.2 Å². The summed E-state index contributed by atoms with van der Waals surface area (Å²) in [6.07, 6.45) is 3.39. The number of morpholine rings is 1. The summed E-state index contributed by atoms with van der Waals surface area (Å²) in [5.41, 5.74) is 0.790. The molecule has 2 fully saturated rings. The molecule has 1 N–H and O–H groups in total. The van der Waals surface area contributed by atoms with Crippen molar-refractivity contribution in [3.8, 4) is 0 Å². The molecule has 112 valence electrons. The van der Waals surface area contributed by atoms with Crippen LogP contribution in [0, 0.1) is 0 Å². The highest BCUT2D eigenvalue weighted by molar-refractivity contribution is 5.91. The van der Waals surface area contributed by atoms with Gasteiger partial charge in [-0.2, -0.15) is 0 Å². The Bertz CT molecular complexity index is 557. The molecule has 5 heteroatoms. The zero-order chi connectivity index (χ0) is 14.8. The number of carboxylic acid groups (broad SMARTS) is 1. The molecule has 0 spiro atoms. The highest BCUT2D eigenvalue weighted by atomic mass is 16.5. The van der Waals surface area contributed by atoms with Crippen molar-refractivity contribution in [1.29, 1.82) is 0 Å². The fourth-order valence-electron chi connectivity index (χ4n) is 3.38. The van der Waals surface area contributed by atoms with E-state index in [9.17, 15) is 14.7 Å². The number of nitrogens with zero attached hydrogens (tertiary/aromatic N) is 1. The topological polar surface area (TPSA) is 66.8 Å². The first-order valence-electron chi connectivity index (χ1n) is 7.39. The SMILES string of the molecule is O=C(O)c1ccccc1CC(=O)N1CCOC2CCCC21. The number of benzene rings is 1. The molecule has 2 aliphatic rings. The Hall–Kier alpha value is -1.88. The monoisotopic (exact) mass is 289 g/mol. The van der Waals surface area contributed by atoms with Gasteiger partial charge in [0.05, 0.1) is 30.7 Å². The van der Waals surface area contributed by atoms with Gasteiger partial charge in [-0.15, -0.1) is 0 Å². The number of amides is 1. The van der Waals surface area contributed by atoms with Gasteiger partial charge in [-0.1, -0.05) is 18.2 Å². The second kappa shape index (κ2) is 5.85. The second-order valence-electron chi connectivity index (χ2n) is 5.63. The average molecular weight is 289 g/mol. The third-order valence-corrected chi connectivity index (χ3v) is 4.39. The highest BCUT2D eigenvalue weighted by Crippen LogP contribution is 2.30. The van der Waals surface area contributed by atoms with Gasteiger partial charge in [0.25, 0.3) is 0 Å². The van der Waals surface area contributed by atoms with E-state index in [1.165, 1.54) is 0 Å². The van der Waals surface area contributed by atoms with Crippen molar-refractivity contribution < 1.29 is 19.4 Å². The number of aromatic carboxylic acids is 1. The lowest BCUT2D eigenvalue weighted by atomic mass is 10.0. The van der Waals surface area contributed by atoms with Gasteiger partial charge >= 0.3 is 5.97 Å². The Kier molecular flexibility index (Phi) is 3.92. The van der Waals surface area contributed by atoms with Crippen molar-refractivity contribution in [2.24, 2.45) is 0 Å². The summed E-state index contributed by atoms with van der Waals surface area (Å²) in [7, 11) is 0. The van der Waals surface area contributed by atoms with E-state index < -0.39 is 5.97 Å². The number of carbonyl (C=O) groups is 2. The van der Waals surface area contributed by atoms with Crippen LogP contribution in [0.25, 0.3) is 0 Å². The summed E-state index contributed by atoms with van der Waals surface area (Å²) in [4.78, 5) is 25.7. The summed E-state index contributed by atoms with van der Waals surface area (Å²) in [5, 5.41) is 9.19. The first-order chi connectivity index (χ1) is 10.2. The van der Waals surface area contributed by atoms with E-state index in [2.05, 4.69) is 0 Å². The molecule has 1 heterocycles. The summed E-state index contributed by atoms with van der Waals surface area (Å²) in [5.74, 6) is -0.983. The molecule has 1 aromatic rings. The maximum Gasteiger partial charge on any atom is 0.335 e. The van der Waals surface area contributed by atoms with E-state index in [4.69, 9.17) is 4.74 Å². The lowest BCUT2D eigenvalue weighted by molar-refractivity contribution is -0.143. The molecule has 1 saturated carbocycles. The maximum absolute atomic E-state index is 12.6. The summed E-state index contributed by atoms with van der Waals surface area (Å²) in [6.45, 7) is 1.18. The second-order valence-corrected chi connectivity index (χ2v) is 5.63. The number of hydrogen-bond donors (Lipinski definition) is 1. The molecule has 0 radical (unpaired) electrons. The number of ether oxygens (including phenoxy) is 1. The number of carboxylic acids is 1. The van der Waals surface area contributed by atoms with Crippen molar-refractivity contribution >= 4 is 11.9 Å². The van der Waals surface area contributed by atoms with Crippen LogP contribution in [0.2, 0.25) is 0 Å². The van der Waals surface area contributed by atoms with Gasteiger partial charge in [0.2, 0.25) is 5.91 Å². The van der Waals surface area contributed by atoms with Crippen molar-refractivity contribution in [3.63, 3.8) is 0 Å². The van der Waals surface area contributed by atoms with Gasteiger partial charge in [0.1, 0.15) is 0 Å². The van der Waals surface area contributed by atoms with E-state index >= 15 is 0 Å². The zero-order valence-electron chi connectivity index (χ0n) is 11.8. The number of fused-ring (bicyclic) bond motifs is 1. The molecule has 0 aromatic heterocycles. The number of rotatable bonds is 3. The molecule has 1 amide bonds. The molecular weight excluding hydrogens is 270 g/mol. The fraction of sp³-hybridized carbons (Fsp3) is 0.500. The molecule has 2 atom stereocenters. The first kappa shape index (κ1) is 14.1.